The van der Waals surface area contributed by atoms with Crippen LogP contribution >= 0.6 is 0 Å². The lowest BCUT2D eigenvalue weighted by Crippen LogP contribution is -2.29. The zero-order valence-corrected chi connectivity index (χ0v) is 15.0. The first-order valence-electron chi connectivity index (χ1n) is 8.70. The van der Waals surface area contributed by atoms with E-state index in [4.69, 9.17) is 4.98 Å². The lowest BCUT2D eigenvalue weighted by Gasteiger charge is -2.26. The Hall–Kier alpha value is -3.61. The summed E-state index contributed by atoms with van der Waals surface area (Å²) in [4.78, 5) is 9.20. The molecule has 7 heteroatoms. The molecule has 0 atom stereocenters. The first-order chi connectivity index (χ1) is 13.1. The minimum Gasteiger partial charge on any atom is -0.285 e. The topological polar surface area (TPSA) is 85.2 Å². The number of hydrogen-bond acceptors (Lipinski definition) is 5. The second kappa shape index (κ2) is 5.70. The number of fused-ring (bicyclic) bond motifs is 2. The average molecular weight is 355 g/mol. The summed E-state index contributed by atoms with van der Waals surface area (Å²) in [6.07, 6.45) is 5.38. The second-order valence-corrected chi connectivity index (χ2v) is 7.00. The molecule has 1 aromatic carbocycles. The largest absolute Gasteiger partial charge is 0.285 e. The van der Waals surface area contributed by atoms with E-state index in [0.29, 0.717) is 0 Å². The van der Waals surface area contributed by atoms with Crippen molar-refractivity contribution in [1.82, 2.24) is 35.2 Å². The highest BCUT2D eigenvalue weighted by Gasteiger charge is 2.27. The van der Waals surface area contributed by atoms with Crippen molar-refractivity contribution in [3.05, 3.63) is 66.6 Å². The molecule has 27 heavy (non-hydrogen) atoms. The number of rotatable bonds is 3. The van der Waals surface area contributed by atoms with Crippen LogP contribution in [0.5, 0.6) is 0 Å². The molecule has 0 aliphatic carbocycles. The highest BCUT2D eigenvalue weighted by molar-refractivity contribution is 5.79. The molecule has 4 aromatic heterocycles. The highest BCUT2D eigenvalue weighted by atomic mass is 15.5. The Labute approximate surface area is 155 Å². The Morgan fingerprint density at radius 2 is 1.93 bits per heavy atom. The van der Waals surface area contributed by atoms with Gasteiger partial charge in [-0.3, -0.25) is 10.1 Å². The molecule has 0 fully saturated rings. The van der Waals surface area contributed by atoms with Crippen molar-refractivity contribution in [2.24, 2.45) is 0 Å². The standard InChI is InChI=1S/C20H17N7/c1-20(2,15-5-6-16-13(10-15)4-3-9-21-16)27-19-18(25-26-27)8-7-17(24-19)14-11-22-23-12-14/h3-12H,1-2H3,(H,22,23). The molecule has 5 rings (SSSR count). The van der Waals surface area contributed by atoms with Gasteiger partial charge in [0.25, 0.3) is 0 Å². The van der Waals surface area contributed by atoms with Crippen molar-refractivity contribution < 1.29 is 0 Å². The minimum atomic E-state index is -0.430. The molecular weight excluding hydrogens is 338 g/mol. The third-order valence-corrected chi connectivity index (χ3v) is 4.93. The van der Waals surface area contributed by atoms with E-state index >= 15 is 0 Å². The van der Waals surface area contributed by atoms with Crippen LogP contribution in [0.4, 0.5) is 0 Å². The molecule has 0 bridgehead atoms. The summed E-state index contributed by atoms with van der Waals surface area (Å²) < 4.78 is 1.88. The van der Waals surface area contributed by atoms with E-state index in [-0.39, 0.29) is 0 Å². The predicted octanol–water partition coefficient (Wildman–Crippen LogP) is 3.55. The Bertz CT molecular complexity index is 1250. The lowest BCUT2D eigenvalue weighted by molar-refractivity contribution is 0.391. The van der Waals surface area contributed by atoms with Gasteiger partial charge in [-0.2, -0.15) is 5.10 Å². The number of aromatic nitrogens is 7. The van der Waals surface area contributed by atoms with Gasteiger partial charge in [-0.25, -0.2) is 9.67 Å². The summed E-state index contributed by atoms with van der Waals surface area (Å²) in [6.45, 7) is 4.23. The average Bonchev–Trinajstić information content (AvgIpc) is 3.37. The van der Waals surface area contributed by atoms with Gasteiger partial charge < -0.3 is 0 Å². The highest BCUT2D eigenvalue weighted by Crippen LogP contribution is 2.30. The molecule has 0 radical (unpaired) electrons. The Kier molecular flexibility index (Phi) is 3.30. The quantitative estimate of drug-likeness (QED) is 0.535. The van der Waals surface area contributed by atoms with E-state index in [1.54, 1.807) is 12.4 Å². The molecule has 0 aliphatic rings. The van der Waals surface area contributed by atoms with Crippen molar-refractivity contribution in [2.75, 3.05) is 0 Å². The Balaban J connectivity index is 1.67. The first kappa shape index (κ1) is 15.6. The van der Waals surface area contributed by atoms with Crippen molar-refractivity contribution in [2.45, 2.75) is 19.4 Å². The molecule has 0 unspecified atom stereocenters. The van der Waals surface area contributed by atoms with Crippen LogP contribution in [0.2, 0.25) is 0 Å². The second-order valence-electron chi connectivity index (χ2n) is 7.00. The summed E-state index contributed by atoms with van der Waals surface area (Å²) in [5, 5.41) is 16.6. The normalized spacial score (nSPS) is 12.1. The summed E-state index contributed by atoms with van der Waals surface area (Å²) in [5.74, 6) is 0. The smallest absolute Gasteiger partial charge is 0.179 e. The fourth-order valence-electron chi connectivity index (χ4n) is 3.32. The number of nitrogens with zero attached hydrogens (tertiary/aromatic N) is 6. The maximum absolute atomic E-state index is 4.80. The van der Waals surface area contributed by atoms with Crippen LogP contribution in [0.15, 0.2) is 61.1 Å². The molecule has 1 N–H and O–H groups in total. The number of pyridine rings is 2. The van der Waals surface area contributed by atoms with Crippen LogP contribution in [0.1, 0.15) is 19.4 Å². The van der Waals surface area contributed by atoms with Gasteiger partial charge in [0.2, 0.25) is 0 Å². The molecule has 0 amide bonds. The summed E-state index contributed by atoms with van der Waals surface area (Å²) in [5.41, 5.74) is 4.92. The van der Waals surface area contributed by atoms with Gasteiger partial charge in [0.1, 0.15) is 5.52 Å². The molecule has 4 heterocycles. The van der Waals surface area contributed by atoms with Crippen LogP contribution in [0.3, 0.4) is 0 Å². The fourth-order valence-corrected chi connectivity index (χ4v) is 3.32. The molecule has 0 spiro atoms. The van der Waals surface area contributed by atoms with Crippen molar-refractivity contribution in [3.63, 3.8) is 0 Å². The van der Waals surface area contributed by atoms with Crippen LogP contribution in [-0.4, -0.2) is 35.2 Å². The SMILES string of the molecule is CC(C)(c1ccc2ncccc2c1)n1nnc2ccc(-c3cn[nH]c3)nc21. The predicted molar refractivity (Wildman–Crippen MR) is 103 cm³/mol. The number of aromatic amines is 1. The van der Waals surface area contributed by atoms with E-state index in [1.165, 1.54) is 0 Å². The summed E-state index contributed by atoms with van der Waals surface area (Å²) in [7, 11) is 0. The molecule has 0 saturated heterocycles. The van der Waals surface area contributed by atoms with E-state index in [1.807, 2.05) is 35.1 Å². The summed E-state index contributed by atoms with van der Waals surface area (Å²) in [6, 6.07) is 14.2. The number of nitrogens with one attached hydrogen (secondary N) is 1. The Morgan fingerprint density at radius 3 is 2.78 bits per heavy atom. The number of hydrogen-bond donors (Lipinski definition) is 1. The molecule has 132 valence electrons. The van der Waals surface area contributed by atoms with Gasteiger partial charge in [0.15, 0.2) is 5.65 Å². The monoisotopic (exact) mass is 355 g/mol. The maximum atomic E-state index is 4.80. The van der Waals surface area contributed by atoms with Crippen LogP contribution in [-0.2, 0) is 5.54 Å². The van der Waals surface area contributed by atoms with Crippen molar-refractivity contribution in [3.8, 4) is 11.3 Å². The minimum absolute atomic E-state index is 0.430. The lowest BCUT2D eigenvalue weighted by atomic mass is 9.93. The fraction of sp³-hybridized carbons (Fsp3) is 0.150. The number of benzene rings is 1. The molecule has 5 aromatic rings. The van der Waals surface area contributed by atoms with Gasteiger partial charge in [-0.05, 0) is 49.7 Å². The van der Waals surface area contributed by atoms with Crippen molar-refractivity contribution in [1.29, 1.82) is 0 Å². The van der Waals surface area contributed by atoms with Gasteiger partial charge >= 0.3 is 0 Å². The Morgan fingerprint density at radius 1 is 1.04 bits per heavy atom. The molecular formula is C20H17N7. The molecule has 7 nitrogen and oxygen atoms in total. The van der Waals surface area contributed by atoms with E-state index in [2.05, 4.69) is 57.5 Å². The van der Waals surface area contributed by atoms with Gasteiger partial charge in [-0.15, -0.1) is 5.10 Å². The van der Waals surface area contributed by atoms with Gasteiger partial charge in [-0.1, -0.05) is 17.3 Å². The van der Waals surface area contributed by atoms with Crippen molar-refractivity contribution >= 4 is 22.1 Å². The third kappa shape index (κ3) is 2.47. The van der Waals surface area contributed by atoms with E-state index < -0.39 is 5.54 Å². The third-order valence-electron chi connectivity index (χ3n) is 4.93. The van der Waals surface area contributed by atoms with E-state index in [9.17, 15) is 0 Å². The van der Waals surface area contributed by atoms with Gasteiger partial charge in [0.05, 0.1) is 22.9 Å². The van der Waals surface area contributed by atoms with Crippen LogP contribution in [0.25, 0.3) is 33.3 Å². The van der Waals surface area contributed by atoms with E-state index in [0.717, 1.165) is 38.9 Å². The first-order valence-corrected chi connectivity index (χ1v) is 8.70. The summed E-state index contributed by atoms with van der Waals surface area (Å²) >= 11 is 0. The molecule has 0 aliphatic heterocycles. The zero-order chi connectivity index (χ0) is 18.4. The van der Waals surface area contributed by atoms with Crippen LogP contribution in [0, 0.1) is 0 Å². The molecule has 0 saturated carbocycles. The zero-order valence-electron chi connectivity index (χ0n) is 15.0. The van der Waals surface area contributed by atoms with Gasteiger partial charge in [0, 0.05) is 23.3 Å². The number of H-pyrrole nitrogens is 1. The van der Waals surface area contributed by atoms with Crippen LogP contribution < -0.4 is 0 Å². The maximum Gasteiger partial charge on any atom is 0.179 e.